The van der Waals surface area contributed by atoms with E-state index in [1.54, 1.807) is 0 Å². The van der Waals surface area contributed by atoms with Gasteiger partial charge in [-0.3, -0.25) is 4.90 Å². The molecule has 3 rings (SSSR count). The SMILES string of the molecule is CCC(N)c1cn(C)c2cc3c(cc12)CN(CCOC(C)C)C3. The molecule has 1 aromatic carbocycles. The van der Waals surface area contributed by atoms with Gasteiger partial charge in [-0.25, -0.2) is 0 Å². The first kappa shape index (κ1) is 16.5. The third kappa shape index (κ3) is 3.30. The second kappa shape index (κ2) is 6.63. The summed E-state index contributed by atoms with van der Waals surface area (Å²) in [4.78, 5) is 2.46. The van der Waals surface area contributed by atoms with E-state index in [2.05, 4.69) is 55.6 Å². The number of nitrogens with two attached hydrogens (primary N) is 1. The van der Waals surface area contributed by atoms with E-state index in [4.69, 9.17) is 10.5 Å². The lowest BCUT2D eigenvalue weighted by molar-refractivity contribution is 0.0584. The Morgan fingerprint density at radius 2 is 1.91 bits per heavy atom. The van der Waals surface area contributed by atoms with Crippen molar-refractivity contribution >= 4 is 10.9 Å². The first-order valence-corrected chi connectivity index (χ1v) is 8.69. The fourth-order valence-electron chi connectivity index (χ4n) is 3.47. The van der Waals surface area contributed by atoms with Gasteiger partial charge in [0.2, 0.25) is 0 Å². The second-order valence-electron chi connectivity index (χ2n) is 6.98. The molecule has 126 valence electrons. The topological polar surface area (TPSA) is 43.4 Å². The lowest BCUT2D eigenvalue weighted by Gasteiger charge is -2.15. The van der Waals surface area contributed by atoms with E-state index in [0.29, 0.717) is 6.10 Å². The Bertz CT molecular complexity index is 689. The molecule has 1 aliphatic heterocycles. The smallest absolute Gasteiger partial charge is 0.0597 e. The lowest BCUT2D eigenvalue weighted by atomic mass is 10.0. The van der Waals surface area contributed by atoms with E-state index in [-0.39, 0.29) is 6.04 Å². The molecule has 1 aromatic heterocycles. The fraction of sp³-hybridized carbons (Fsp3) is 0.579. The van der Waals surface area contributed by atoms with Crippen LogP contribution in [0.25, 0.3) is 10.9 Å². The normalized spacial score (nSPS) is 16.4. The molecule has 1 aliphatic rings. The average molecular weight is 315 g/mol. The van der Waals surface area contributed by atoms with Gasteiger partial charge in [-0.05, 0) is 49.1 Å². The summed E-state index contributed by atoms with van der Waals surface area (Å²) in [6.45, 7) is 10.2. The Labute approximate surface area is 139 Å². The van der Waals surface area contributed by atoms with Crippen LogP contribution in [0.5, 0.6) is 0 Å². The van der Waals surface area contributed by atoms with Crippen LogP contribution in [0, 0.1) is 0 Å². The number of rotatable bonds is 6. The van der Waals surface area contributed by atoms with E-state index in [9.17, 15) is 0 Å². The first-order chi connectivity index (χ1) is 11.0. The monoisotopic (exact) mass is 315 g/mol. The zero-order valence-electron chi connectivity index (χ0n) is 14.8. The summed E-state index contributed by atoms with van der Waals surface area (Å²) in [5.41, 5.74) is 11.8. The van der Waals surface area contributed by atoms with Crippen molar-refractivity contribution in [2.45, 2.75) is 52.4 Å². The standard InChI is InChI=1S/C19H29N3O/c1-5-18(20)17-12-21(4)19-9-15-11-22(6-7-23-13(2)3)10-14(15)8-16(17)19/h8-9,12-13,18H,5-7,10-11,20H2,1-4H3. The quantitative estimate of drug-likeness (QED) is 0.889. The molecular weight excluding hydrogens is 286 g/mol. The van der Waals surface area contributed by atoms with Crippen LogP contribution in [0.4, 0.5) is 0 Å². The van der Waals surface area contributed by atoms with Crippen molar-refractivity contribution in [1.82, 2.24) is 9.47 Å². The van der Waals surface area contributed by atoms with Crippen LogP contribution in [0.1, 0.15) is 49.9 Å². The van der Waals surface area contributed by atoms with Crippen molar-refractivity contribution in [3.8, 4) is 0 Å². The Kier molecular flexibility index (Phi) is 4.76. The van der Waals surface area contributed by atoms with Crippen molar-refractivity contribution in [2.24, 2.45) is 12.8 Å². The van der Waals surface area contributed by atoms with Crippen LogP contribution >= 0.6 is 0 Å². The highest BCUT2D eigenvalue weighted by atomic mass is 16.5. The molecule has 1 atom stereocenters. The summed E-state index contributed by atoms with van der Waals surface area (Å²) < 4.78 is 7.90. The maximum atomic E-state index is 6.30. The fourth-order valence-corrected chi connectivity index (χ4v) is 3.47. The molecule has 0 bridgehead atoms. The zero-order valence-corrected chi connectivity index (χ0v) is 14.8. The number of fused-ring (bicyclic) bond motifs is 2. The van der Waals surface area contributed by atoms with E-state index < -0.39 is 0 Å². The van der Waals surface area contributed by atoms with Crippen molar-refractivity contribution < 1.29 is 4.74 Å². The van der Waals surface area contributed by atoms with Crippen molar-refractivity contribution in [1.29, 1.82) is 0 Å². The Hall–Kier alpha value is -1.36. The van der Waals surface area contributed by atoms with Crippen LogP contribution in [-0.4, -0.2) is 28.7 Å². The summed E-state index contributed by atoms with van der Waals surface area (Å²) in [6.07, 6.45) is 3.47. The zero-order chi connectivity index (χ0) is 16.6. The highest BCUT2D eigenvalue weighted by molar-refractivity contribution is 5.86. The molecule has 0 aliphatic carbocycles. The van der Waals surface area contributed by atoms with Gasteiger partial charge < -0.3 is 15.0 Å². The Morgan fingerprint density at radius 1 is 1.22 bits per heavy atom. The van der Waals surface area contributed by atoms with Crippen LogP contribution in [-0.2, 0) is 24.9 Å². The number of nitrogens with zero attached hydrogens (tertiary/aromatic N) is 2. The van der Waals surface area contributed by atoms with E-state index in [1.807, 2.05) is 0 Å². The molecule has 2 aromatic rings. The summed E-state index contributed by atoms with van der Waals surface area (Å²) in [6, 6.07) is 4.83. The molecule has 0 saturated carbocycles. The number of hydrogen-bond acceptors (Lipinski definition) is 3. The van der Waals surface area contributed by atoms with Gasteiger partial charge in [0.05, 0.1) is 12.7 Å². The molecule has 4 nitrogen and oxygen atoms in total. The molecule has 0 amide bonds. The second-order valence-corrected chi connectivity index (χ2v) is 6.98. The van der Waals surface area contributed by atoms with Gasteiger partial charge in [0.1, 0.15) is 0 Å². The molecule has 0 saturated heterocycles. The van der Waals surface area contributed by atoms with Gasteiger partial charge in [-0.1, -0.05) is 6.92 Å². The molecule has 0 radical (unpaired) electrons. The third-order valence-corrected chi connectivity index (χ3v) is 4.83. The van der Waals surface area contributed by atoms with Gasteiger partial charge in [0.25, 0.3) is 0 Å². The van der Waals surface area contributed by atoms with Gasteiger partial charge >= 0.3 is 0 Å². The van der Waals surface area contributed by atoms with Crippen molar-refractivity contribution in [2.75, 3.05) is 13.2 Å². The minimum Gasteiger partial charge on any atom is -0.377 e. The highest BCUT2D eigenvalue weighted by Gasteiger charge is 2.22. The highest BCUT2D eigenvalue weighted by Crippen LogP contribution is 2.32. The molecule has 1 unspecified atom stereocenters. The number of aryl methyl sites for hydroxylation is 1. The molecule has 23 heavy (non-hydrogen) atoms. The van der Waals surface area contributed by atoms with Crippen molar-refractivity contribution in [3.05, 3.63) is 35.0 Å². The number of aromatic nitrogens is 1. The number of hydrogen-bond donors (Lipinski definition) is 1. The predicted octanol–water partition coefficient (Wildman–Crippen LogP) is 3.33. The number of benzene rings is 1. The van der Waals surface area contributed by atoms with Crippen LogP contribution in [0.15, 0.2) is 18.3 Å². The molecule has 0 fully saturated rings. The van der Waals surface area contributed by atoms with Gasteiger partial charge in [-0.2, -0.15) is 0 Å². The Morgan fingerprint density at radius 3 is 2.57 bits per heavy atom. The van der Waals surface area contributed by atoms with Crippen LogP contribution < -0.4 is 5.73 Å². The largest absolute Gasteiger partial charge is 0.377 e. The van der Waals surface area contributed by atoms with Crippen LogP contribution in [0.2, 0.25) is 0 Å². The minimum atomic E-state index is 0.119. The summed E-state index contributed by atoms with van der Waals surface area (Å²) in [5.74, 6) is 0. The minimum absolute atomic E-state index is 0.119. The Balaban J connectivity index is 1.82. The summed E-state index contributed by atoms with van der Waals surface area (Å²) >= 11 is 0. The lowest BCUT2D eigenvalue weighted by Crippen LogP contribution is -2.23. The predicted molar refractivity (Wildman–Crippen MR) is 95.3 cm³/mol. The summed E-state index contributed by atoms with van der Waals surface area (Å²) in [5, 5.41) is 1.32. The molecular formula is C19H29N3O. The van der Waals surface area contributed by atoms with E-state index in [1.165, 1.54) is 27.6 Å². The first-order valence-electron chi connectivity index (χ1n) is 8.69. The molecule has 0 spiro atoms. The van der Waals surface area contributed by atoms with Crippen LogP contribution in [0.3, 0.4) is 0 Å². The molecule has 4 heteroatoms. The maximum Gasteiger partial charge on any atom is 0.0597 e. The van der Waals surface area contributed by atoms with E-state index >= 15 is 0 Å². The average Bonchev–Trinajstić information content (AvgIpc) is 3.05. The molecule has 2 N–H and O–H groups in total. The van der Waals surface area contributed by atoms with Gasteiger partial charge in [0.15, 0.2) is 0 Å². The van der Waals surface area contributed by atoms with Crippen molar-refractivity contribution in [3.63, 3.8) is 0 Å². The van der Waals surface area contributed by atoms with E-state index in [0.717, 1.165) is 32.7 Å². The molecule has 2 heterocycles. The number of ether oxygens (including phenoxy) is 1. The van der Waals surface area contributed by atoms with Gasteiger partial charge in [-0.15, -0.1) is 0 Å². The summed E-state index contributed by atoms with van der Waals surface area (Å²) in [7, 11) is 2.11. The third-order valence-electron chi connectivity index (χ3n) is 4.83. The maximum absolute atomic E-state index is 6.30. The van der Waals surface area contributed by atoms with Gasteiger partial charge in [0, 0.05) is 49.8 Å².